The quantitative estimate of drug-likeness (QED) is 0.809. The summed E-state index contributed by atoms with van der Waals surface area (Å²) in [5.74, 6) is 0.830. The highest BCUT2D eigenvalue weighted by atomic mass is 16.5. The molecule has 1 aromatic heterocycles. The smallest absolute Gasteiger partial charge is 0.119 e. The molecule has 0 radical (unpaired) electrons. The van der Waals surface area contributed by atoms with E-state index >= 15 is 0 Å². The van der Waals surface area contributed by atoms with Gasteiger partial charge >= 0.3 is 0 Å². The van der Waals surface area contributed by atoms with Gasteiger partial charge in [0.2, 0.25) is 0 Å². The Morgan fingerprint density at radius 1 is 1.27 bits per heavy atom. The maximum atomic E-state index is 5.73. The van der Waals surface area contributed by atoms with Gasteiger partial charge in [-0.25, -0.2) is 4.68 Å². The fourth-order valence-corrected chi connectivity index (χ4v) is 1.41. The van der Waals surface area contributed by atoms with E-state index in [2.05, 4.69) is 5.10 Å². The lowest BCUT2D eigenvalue weighted by molar-refractivity contribution is 0.414. The molecule has 0 aliphatic rings. The van der Waals surface area contributed by atoms with Crippen LogP contribution in [0.15, 0.2) is 30.5 Å². The van der Waals surface area contributed by atoms with E-state index in [0.717, 1.165) is 17.1 Å². The van der Waals surface area contributed by atoms with Crippen LogP contribution in [0.2, 0.25) is 0 Å². The third-order valence-electron chi connectivity index (χ3n) is 2.36. The number of anilines is 1. The molecule has 2 aromatic rings. The second-order valence-corrected chi connectivity index (χ2v) is 3.30. The third-order valence-corrected chi connectivity index (χ3v) is 2.36. The number of methoxy groups -OCH3 is 1. The Balaban J connectivity index is 2.41. The van der Waals surface area contributed by atoms with Crippen molar-refractivity contribution in [2.24, 2.45) is 0 Å². The van der Waals surface area contributed by atoms with Gasteiger partial charge in [-0.05, 0) is 31.2 Å². The minimum Gasteiger partial charge on any atom is -0.497 e. The van der Waals surface area contributed by atoms with Crippen molar-refractivity contribution in [1.82, 2.24) is 9.78 Å². The zero-order chi connectivity index (χ0) is 10.8. The SMILES string of the molecule is COc1ccc(-n2ncc(N)c2C)cc1. The van der Waals surface area contributed by atoms with E-state index in [-0.39, 0.29) is 0 Å². The maximum absolute atomic E-state index is 5.73. The fraction of sp³-hybridized carbons (Fsp3) is 0.182. The second kappa shape index (κ2) is 3.65. The first-order valence-corrected chi connectivity index (χ1v) is 4.67. The zero-order valence-corrected chi connectivity index (χ0v) is 8.77. The molecule has 1 heterocycles. The van der Waals surface area contributed by atoms with Gasteiger partial charge in [0.1, 0.15) is 5.75 Å². The third kappa shape index (κ3) is 1.66. The number of aromatic nitrogens is 2. The largest absolute Gasteiger partial charge is 0.497 e. The Morgan fingerprint density at radius 3 is 2.40 bits per heavy atom. The summed E-state index contributed by atoms with van der Waals surface area (Å²) < 4.78 is 6.89. The van der Waals surface area contributed by atoms with E-state index < -0.39 is 0 Å². The van der Waals surface area contributed by atoms with Gasteiger partial charge in [-0.15, -0.1) is 0 Å². The summed E-state index contributed by atoms with van der Waals surface area (Å²) in [6, 6.07) is 7.68. The van der Waals surface area contributed by atoms with Crippen molar-refractivity contribution >= 4 is 5.69 Å². The molecule has 0 amide bonds. The summed E-state index contributed by atoms with van der Waals surface area (Å²) in [6.07, 6.45) is 1.65. The van der Waals surface area contributed by atoms with Crippen molar-refractivity contribution in [2.45, 2.75) is 6.92 Å². The molecule has 4 heteroatoms. The van der Waals surface area contributed by atoms with Crippen molar-refractivity contribution in [1.29, 1.82) is 0 Å². The normalized spacial score (nSPS) is 10.3. The van der Waals surface area contributed by atoms with Gasteiger partial charge in [-0.1, -0.05) is 0 Å². The molecular formula is C11H13N3O. The van der Waals surface area contributed by atoms with Crippen molar-refractivity contribution in [3.05, 3.63) is 36.2 Å². The molecule has 1 aromatic carbocycles. The predicted molar refractivity (Wildman–Crippen MR) is 59.3 cm³/mol. The van der Waals surface area contributed by atoms with Gasteiger partial charge in [-0.2, -0.15) is 5.10 Å². The highest BCUT2D eigenvalue weighted by Gasteiger charge is 2.04. The number of rotatable bonds is 2. The molecule has 0 bridgehead atoms. The van der Waals surface area contributed by atoms with Crippen LogP contribution >= 0.6 is 0 Å². The van der Waals surface area contributed by atoms with Crippen LogP contribution in [0, 0.1) is 6.92 Å². The number of hydrogen-bond acceptors (Lipinski definition) is 3. The van der Waals surface area contributed by atoms with Crippen LogP contribution in [-0.2, 0) is 0 Å². The lowest BCUT2D eigenvalue weighted by Crippen LogP contribution is -1.99. The lowest BCUT2D eigenvalue weighted by atomic mass is 10.3. The monoisotopic (exact) mass is 203 g/mol. The summed E-state index contributed by atoms with van der Waals surface area (Å²) in [5, 5.41) is 4.19. The number of nitrogens with two attached hydrogens (primary N) is 1. The summed E-state index contributed by atoms with van der Waals surface area (Å²) in [4.78, 5) is 0. The standard InChI is InChI=1S/C11H13N3O/c1-8-11(12)7-13-14(8)9-3-5-10(15-2)6-4-9/h3-7H,12H2,1-2H3. The van der Waals surface area contributed by atoms with E-state index in [4.69, 9.17) is 10.5 Å². The van der Waals surface area contributed by atoms with Crippen molar-refractivity contribution in [3.63, 3.8) is 0 Å². The van der Waals surface area contributed by atoms with E-state index in [1.54, 1.807) is 18.0 Å². The maximum Gasteiger partial charge on any atom is 0.119 e. The van der Waals surface area contributed by atoms with E-state index in [9.17, 15) is 0 Å². The molecule has 2 rings (SSSR count). The molecule has 0 aliphatic heterocycles. The predicted octanol–water partition coefficient (Wildman–Crippen LogP) is 1.77. The van der Waals surface area contributed by atoms with E-state index in [1.165, 1.54) is 0 Å². The Hall–Kier alpha value is -1.97. The molecule has 0 fully saturated rings. The van der Waals surface area contributed by atoms with Crippen LogP contribution in [0.1, 0.15) is 5.69 Å². The molecule has 15 heavy (non-hydrogen) atoms. The van der Waals surface area contributed by atoms with Crippen LogP contribution in [0.3, 0.4) is 0 Å². The molecule has 0 unspecified atom stereocenters. The molecule has 0 saturated carbocycles. The number of hydrogen-bond donors (Lipinski definition) is 1. The van der Waals surface area contributed by atoms with Crippen molar-refractivity contribution in [2.75, 3.05) is 12.8 Å². The summed E-state index contributed by atoms with van der Waals surface area (Å²) in [5.41, 5.74) is 8.35. The molecular weight excluding hydrogens is 190 g/mol. The summed E-state index contributed by atoms with van der Waals surface area (Å²) in [6.45, 7) is 1.94. The Bertz CT molecular complexity index is 459. The van der Waals surface area contributed by atoms with Gasteiger partial charge in [0.05, 0.1) is 30.4 Å². The number of benzene rings is 1. The average Bonchev–Trinajstić information content (AvgIpc) is 2.60. The van der Waals surface area contributed by atoms with E-state index in [0.29, 0.717) is 5.69 Å². The van der Waals surface area contributed by atoms with Crippen molar-refractivity contribution < 1.29 is 4.74 Å². The number of nitrogen functional groups attached to an aromatic ring is 1. The van der Waals surface area contributed by atoms with Crippen LogP contribution < -0.4 is 10.5 Å². The highest BCUT2D eigenvalue weighted by molar-refractivity contribution is 5.46. The van der Waals surface area contributed by atoms with Gasteiger partial charge in [0.25, 0.3) is 0 Å². The van der Waals surface area contributed by atoms with Crippen LogP contribution in [0.25, 0.3) is 5.69 Å². The molecule has 78 valence electrons. The minimum absolute atomic E-state index is 0.700. The van der Waals surface area contributed by atoms with Gasteiger partial charge in [0.15, 0.2) is 0 Å². The second-order valence-electron chi connectivity index (χ2n) is 3.30. The Kier molecular flexibility index (Phi) is 2.33. The first kappa shape index (κ1) is 9.58. The molecule has 2 N–H and O–H groups in total. The minimum atomic E-state index is 0.700. The average molecular weight is 203 g/mol. The topological polar surface area (TPSA) is 53.1 Å². The van der Waals surface area contributed by atoms with Gasteiger partial charge in [0, 0.05) is 0 Å². The Morgan fingerprint density at radius 2 is 1.93 bits per heavy atom. The zero-order valence-electron chi connectivity index (χ0n) is 8.77. The highest BCUT2D eigenvalue weighted by Crippen LogP contribution is 2.18. The first-order valence-electron chi connectivity index (χ1n) is 4.67. The lowest BCUT2D eigenvalue weighted by Gasteiger charge is -2.05. The molecule has 0 aliphatic carbocycles. The molecule has 0 atom stereocenters. The van der Waals surface area contributed by atoms with E-state index in [1.807, 2.05) is 31.2 Å². The molecule has 4 nitrogen and oxygen atoms in total. The van der Waals surface area contributed by atoms with Gasteiger partial charge < -0.3 is 10.5 Å². The summed E-state index contributed by atoms with van der Waals surface area (Å²) in [7, 11) is 1.64. The first-order chi connectivity index (χ1) is 7.22. The fourth-order valence-electron chi connectivity index (χ4n) is 1.41. The summed E-state index contributed by atoms with van der Waals surface area (Å²) >= 11 is 0. The number of ether oxygens (including phenoxy) is 1. The van der Waals surface area contributed by atoms with Gasteiger partial charge in [-0.3, -0.25) is 0 Å². The van der Waals surface area contributed by atoms with Crippen LogP contribution in [0.5, 0.6) is 5.75 Å². The van der Waals surface area contributed by atoms with Crippen LogP contribution in [-0.4, -0.2) is 16.9 Å². The molecule has 0 saturated heterocycles. The number of nitrogens with zero attached hydrogens (tertiary/aromatic N) is 2. The molecule has 0 spiro atoms. The van der Waals surface area contributed by atoms with Crippen molar-refractivity contribution in [3.8, 4) is 11.4 Å². The Labute approximate surface area is 88.3 Å². The van der Waals surface area contributed by atoms with Crippen LogP contribution in [0.4, 0.5) is 5.69 Å².